The molecule has 2 bridgehead atoms. The number of hydrogen-bond acceptors (Lipinski definition) is 5. The summed E-state index contributed by atoms with van der Waals surface area (Å²) < 4.78 is 6.42. The van der Waals surface area contributed by atoms with Gasteiger partial charge in [0.05, 0.1) is 24.3 Å². The molecule has 7 nitrogen and oxygen atoms in total. The summed E-state index contributed by atoms with van der Waals surface area (Å²) in [6, 6.07) is 11.7. The highest BCUT2D eigenvalue weighted by Crippen LogP contribution is 2.43. The van der Waals surface area contributed by atoms with Crippen LogP contribution in [0.5, 0.6) is 5.75 Å². The highest BCUT2D eigenvalue weighted by Gasteiger charge is 2.38. The van der Waals surface area contributed by atoms with Crippen molar-refractivity contribution < 1.29 is 24.5 Å². The summed E-state index contributed by atoms with van der Waals surface area (Å²) in [5, 5.41) is 21.9. The van der Waals surface area contributed by atoms with Crippen molar-refractivity contribution in [2.24, 2.45) is 11.8 Å². The number of amides is 1. The Morgan fingerprint density at radius 3 is 2.60 bits per heavy atom. The Balaban J connectivity index is 0.00000207. The van der Waals surface area contributed by atoms with Gasteiger partial charge in [0.15, 0.2) is 0 Å². The number of carboxylic acid groups (broad SMARTS) is 1. The third-order valence-electron chi connectivity index (χ3n) is 9.11. The number of aliphatic carboxylic acids is 1. The molecule has 5 rings (SSSR count). The van der Waals surface area contributed by atoms with Crippen molar-refractivity contribution >= 4 is 29.2 Å². The van der Waals surface area contributed by atoms with Crippen LogP contribution in [-0.4, -0.2) is 66.4 Å². The van der Waals surface area contributed by atoms with Crippen LogP contribution >= 0.6 is 11.6 Å². The van der Waals surface area contributed by atoms with E-state index < -0.39 is 18.0 Å². The van der Waals surface area contributed by atoms with E-state index in [4.69, 9.17) is 16.3 Å². The maximum absolute atomic E-state index is 13.0. The zero-order valence-electron chi connectivity index (χ0n) is 26.0. The highest BCUT2D eigenvalue weighted by atomic mass is 35.5. The lowest BCUT2D eigenvalue weighted by molar-refractivity contribution is -0.142. The number of hydrogen-bond donors (Lipinski definition) is 2. The molecule has 1 amide bonds. The minimum Gasteiger partial charge on any atom is -0.491 e. The normalized spacial score (nSPS) is 26.6. The van der Waals surface area contributed by atoms with E-state index in [9.17, 15) is 19.8 Å². The van der Waals surface area contributed by atoms with Crippen molar-refractivity contribution in [2.45, 2.75) is 77.2 Å². The Morgan fingerprint density at radius 2 is 1.91 bits per heavy atom. The smallest absolute Gasteiger partial charge is 0.311 e. The zero-order chi connectivity index (χ0) is 31.1. The van der Waals surface area contributed by atoms with Gasteiger partial charge in [0.1, 0.15) is 5.75 Å². The van der Waals surface area contributed by atoms with Gasteiger partial charge in [0.2, 0.25) is 5.91 Å². The standard InChI is InChI=1S/C33H41ClN2O5.C2H6/c1-3-6-21-15-25(34)10-12-26(21)24-19-36-18-23-8-11-27(23)30(37)7-4-5-14-35(2)32(38)17-28(33(39)40)22-9-13-31(41-20-24)29(36)16-22;1-2/h4,7,9-10,12-13,15-16,23-24,27-28,30,37H,3,5-6,8,11,14,17-20H2,1-2H3,(H,39,40);1-2H3/b7-4+;. The number of fused-ring (bicyclic) bond motifs is 2. The molecule has 2 N–H and O–H groups in total. The van der Waals surface area contributed by atoms with Gasteiger partial charge in [-0.1, -0.05) is 63.1 Å². The molecule has 0 spiro atoms. The van der Waals surface area contributed by atoms with Crippen LogP contribution in [0.3, 0.4) is 0 Å². The second-order valence-electron chi connectivity index (χ2n) is 11.9. The zero-order valence-corrected chi connectivity index (χ0v) is 26.7. The van der Waals surface area contributed by atoms with Gasteiger partial charge in [0, 0.05) is 44.0 Å². The monoisotopic (exact) mass is 610 g/mol. The molecular weight excluding hydrogens is 564 g/mol. The number of carbonyl (C=O) groups is 2. The second-order valence-corrected chi connectivity index (χ2v) is 12.3. The van der Waals surface area contributed by atoms with Crippen LogP contribution in [0.2, 0.25) is 5.02 Å². The average molecular weight is 611 g/mol. The maximum atomic E-state index is 13.0. The minimum atomic E-state index is -1.01. The topological polar surface area (TPSA) is 90.3 Å². The summed E-state index contributed by atoms with van der Waals surface area (Å²) in [6.45, 7) is 8.56. The molecule has 2 aliphatic heterocycles. The van der Waals surface area contributed by atoms with Crippen LogP contribution in [0.15, 0.2) is 48.6 Å². The molecule has 5 unspecified atom stereocenters. The van der Waals surface area contributed by atoms with Crippen molar-refractivity contribution in [1.82, 2.24) is 4.90 Å². The number of carboxylic acids is 1. The third kappa shape index (κ3) is 7.74. The van der Waals surface area contributed by atoms with E-state index in [0.717, 1.165) is 42.9 Å². The van der Waals surface area contributed by atoms with Gasteiger partial charge in [-0.2, -0.15) is 0 Å². The Hall–Kier alpha value is -3.03. The predicted octanol–water partition coefficient (Wildman–Crippen LogP) is 6.67. The van der Waals surface area contributed by atoms with Crippen LogP contribution in [0.1, 0.15) is 81.4 Å². The Bertz CT molecular complexity index is 1300. The number of nitrogens with zero attached hydrogens (tertiary/aromatic N) is 2. The first-order valence-corrected chi connectivity index (χ1v) is 16.2. The van der Waals surface area contributed by atoms with Crippen LogP contribution < -0.4 is 9.64 Å². The summed E-state index contributed by atoms with van der Waals surface area (Å²) >= 11 is 6.38. The summed E-state index contributed by atoms with van der Waals surface area (Å²) in [5.74, 6) is -0.920. The Morgan fingerprint density at radius 1 is 1.12 bits per heavy atom. The molecule has 2 heterocycles. The molecule has 1 aliphatic carbocycles. The molecule has 0 radical (unpaired) electrons. The molecule has 234 valence electrons. The molecule has 5 atom stereocenters. The minimum absolute atomic E-state index is 0.0871. The first-order valence-electron chi connectivity index (χ1n) is 15.9. The largest absolute Gasteiger partial charge is 0.491 e. The molecular formula is C35H47ClN2O5. The number of aliphatic hydroxyl groups excluding tert-OH is 1. The third-order valence-corrected chi connectivity index (χ3v) is 9.34. The molecule has 8 heteroatoms. The summed E-state index contributed by atoms with van der Waals surface area (Å²) in [4.78, 5) is 29.3. The fourth-order valence-electron chi connectivity index (χ4n) is 6.55. The fourth-order valence-corrected chi connectivity index (χ4v) is 6.75. The van der Waals surface area contributed by atoms with Gasteiger partial charge in [-0.05, 0) is 78.5 Å². The average Bonchev–Trinajstić information content (AvgIpc) is 3.15. The Kier molecular flexibility index (Phi) is 11.6. The fraction of sp³-hybridized carbons (Fsp3) is 0.543. The number of carbonyl (C=O) groups excluding carboxylic acids is 1. The van der Waals surface area contributed by atoms with Crippen molar-refractivity contribution in [3.05, 3.63) is 70.3 Å². The molecule has 1 fully saturated rings. The quantitative estimate of drug-likeness (QED) is 0.376. The molecule has 0 aromatic heterocycles. The van der Waals surface area contributed by atoms with Gasteiger partial charge in [-0.3, -0.25) is 9.59 Å². The second kappa shape index (κ2) is 15.1. The van der Waals surface area contributed by atoms with E-state index in [-0.39, 0.29) is 24.2 Å². The maximum Gasteiger partial charge on any atom is 0.311 e. The van der Waals surface area contributed by atoms with E-state index in [2.05, 4.69) is 24.0 Å². The molecule has 3 aliphatic rings. The number of rotatable bonds is 4. The number of halogens is 1. The summed E-state index contributed by atoms with van der Waals surface area (Å²) in [7, 11) is 1.70. The number of aryl methyl sites for hydroxylation is 1. The van der Waals surface area contributed by atoms with Gasteiger partial charge in [-0.25, -0.2) is 0 Å². The molecule has 1 saturated carbocycles. The Labute approximate surface area is 261 Å². The van der Waals surface area contributed by atoms with Gasteiger partial charge in [0.25, 0.3) is 0 Å². The first kappa shape index (κ1) is 32.9. The van der Waals surface area contributed by atoms with Crippen LogP contribution in [0.4, 0.5) is 5.69 Å². The van der Waals surface area contributed by atoms with Crippen molar-refractivity contribution in [3.8, 4) is 5.75 Å². The van der Waals surface area contributed by atoms with E-state index in [0.29, 0.717) is 43.3 Å². The van der Waals surface area contributed by atoms with Crippen LogP contribution in [0.25, 0.3) is 0 Å². The highest BCUT2D eigenvalue weighted by molar-refractivity contribution is 6.30. The number of anilines is 1. The number of benzene rings is 2. The van der Waals surface area contributed by atoms with Crippen LogP contribution in [0, 0.1) is 11.8 Å². The lowest BCUT2D eigenvalue weighted by Gasteiger charge is -2.42. The SMILES string of the molecule is CC.CCCc1cc(Cl)ccc1C1COc2ccc3cc2N(C1)CC1CCC1C(O)/C=C/CCN(C)C(=O)CC3C(=O)O. The number of aliphatic hydroxyl groups is 1. The van der Waals surface area contributed by atoms with Crippen molar-refractivity contribution in [2.75, 3.05) is 38.2 Å². The van der Waals surface area contributed by atoms with Crippen molar-refractivity contribution in [3.63, 3.8) is 0 Å². The van der Waals surface area contributed by atoms with E-state index >= 15 is 0 Å². The van der Waals surface area contributed by atoms with E-state index in [1.165, 1.54) is 11.1 Å². The summed E-state index contributed by atoms with van der Waals surface area (Å²) in [5.41, 5.74) is 3.90. The molecule has 43 heavy (non-hydrogen) atoms. The van der Waals surface area contributed by atoms with Gasteiger partial charge >= 0.3 is 5.97 Å². The van der Waals surface area contributed by atoms with E-state index in [1.54, 1.807) is 18.0 Å². The van der Waals surface area contributed by atoms with Gasteiger partial charge < -0.3 is 24.7 Å². The van der Waals surface area contributed by atoms with Gasteiger partial charge in [-0.15, -0.1) is 0 Å². The first-order chi connectivity index (χ1) is 20.7. The molecule has 2 aromatic carbocycles. The van der Waals surface area contributed by atoms with Crippen molar-refractivity contribution in [1.29, 1.82) is 0 Å². The molecule has 2 aromatic rings. The predicted molar refractivity (Wildman–Crippen MR) is 172 cm³/mol. The number of ether oxygens (including phenoxy) is 1. The molecule has 0 saturated heterocycles. The van der Waals surface area contributed by atoms with Crippen LogP contribution in [-0.2, 0) is 16.0 Å². The summed E-state index contributed by atoms with van der Waals surface area (Å²) in [6.07, 6.45) is 7.70. The van der Waals surface area contributed by atoms with E-state index in [1.807, 2.05) is 44.2 Å². The lowest BCUT2D eigenvalue weighted by atomic mass is 9.70. The lowest BCUT2D eigenvalue weighted by Crippen LogP contribution is -2.44.